The minimum atomic E-state index is 0.0196. The largest absolute Gasteiger partial charge is 0.496 e. The van der Waals surface area contributed by atoms with Crippen LogP contribution in [0.15, 0.2) is 29.0 Å². The van der Waals surface area contributed by atoms with Crippen LogP contribution in [0.4, 0.5) is 0 Å². The highest BCUT2D eigenvalue weighted by molar-refractivity contribution is 7.08. The Bertz CT molecular complexity index is 542. The van der Waals surface area contributed by atoms with E-state index in [-0.39, 0.29) is 5.78 Å². The molecule has 3 heteroatoms. The van der Waals surface area contributed by atoms with E-state index in [1.54, 1.807) is 7.11 Å². The number of hydrogen-bond donors (Lipinski definition) is 0. The SMILES string of the molecule is COc1c(C(=O)c2ccsc2)ccc(C)c1C. The van der Waals surface area contributed by atoms with E-state index < -0.39 is 0 Å². The summed E-state index contributed by atoms with van der Waals surface area (Å²) in [6, 6.07) is 5.63. The van der Waals surface area contributed by atoms with Crippen molar-refractivity contribution in [3.05, 3.63) is 51.2 Å². The highest BCUT2D eigenvalue weighted by Gasteiger charge is 2.17. The zero-order chi connectivity index (χ0) is 12.4. The molecule has 0 unspecified atom stereocenters. The summed E-state index contributed by atoms with van der Waals surface area (Å²) in [5.41, 5.74) is 3.50. The molecule has 0 fully saturated rings. The summed E-state index contributed by atoms with van der Waals surface area (Å²) in [4.78, 5) is 12.3. The smallest absolute Gasteiger partial charge is 0.197 e. The molecule has 0 aliphatic heterocycles. The maximum absolute atomic E-state index is 12.3. The molecule has 1 aromatic heterocycles. The van der Waals surface area contributed by atoms with E-state index in [1.807, 2.05) is 42.8 Å². The predicted octanol–water partition coefficient (Wildman–Crippen LogP) is 3.60. The molecule has 2 aromatic rings. The van der Waals surface area contributed by atoms with Gasteiger partial charge in [0.15, 0.2) is 5.78 Å². The fourth-order valence-electron chi connectivity index (χ4n) is 1.78. The molecule has 0 spiro atoms. The number of thiophene rings is 1. The first kappa shape index (κ1) is 11.9. The molecule has 0 aliphatic rings. The molecular formula is C14H14O2S. The number of rotatable bonds is 3. The highest BCUT2D eigenvalue weighted by atomic mass is 32.1. The number of carbonyl (C=O) groups excluding carboxylic acids is 1. The number of hydrogen-bond acceptors (Lipinski definition) is 3. The molecule has 0 aliphatic carbocycles. The number of benzene rings is 1. The molecule has 0 bridgehead atoms. The van der Waals surface area contributed by atoms with Gasteiger partial charge in [-0.05, 0) is 42.5 Å². The van der Waals surface area contributed by atoms with Crippen LogP contribution in [-0.2, 0) is 0 Å². The minimum absolute atomic E-state index is 0.0196. The van der Waals surface area contributed by atoms with Crippen molar-refractivity contribution >= 4 is 17.1 Å². The highest BCUT2D eigenvalue weighted by Crippen LogP contribution is 2.28. The Labute approximate surface area is 105 Å². The summed E-state index contributed by atoms with van der Waals surface area (Å²) in [5, 5.41) is 3.76. The van der Waals surface area contributed by atoms with Crippen LogP contribution in [0.2, 0.25) is 0 Å². The Hall–Kier alpha value is -1.61. The summed E-state index contributed by atoms with van der Waals surface area (Å²) in [7, 11) is 1.60. The van der Waals surface area contributed by atoms with Gasteiger partial charge in [-0.2, -0.15) is 11.3 Å². The second-order valence-electron chi connectivity index (χ2n) is 3.93. The lowest BCUT2D eigenvalue weighted by atomic mass is 9.99. The first-order valence-corrected chi connectivity index (χ1v) is 6.30. The van der Waals surface area contributed by atoms with Crippen LogP contribution in [0.25, 0.3) is 0 Å². The fourth-order valence-corrected chi connectivity index (χ4v) is 2.42. The lowest BCUT2D eigenvalue weighted by molar-refractivity contribution is 0.103. The molecule has 17 heavy (non-hydrogen) atoms. The molecule has 0 saturated heterocycles. The molecule has 0 amide bonds. The van der Waals surface area contributed by atoms with Crippen molar-refractivity contribution in [1.82, 2.24) is 0 Å². The van der Waals surface area contributed by atoms with Gasteiger partial charge >= 0.3 is 0 Å². The van der Waals surface area contributed by atoms with Crippen LogP contribution in [0.1, 0.15) is 27.0 Å². The van der Waals surface area contributed by atoms with Gasteiger partial charge in [0, 0.05) is 10.9 Å². The van der Waals surface area contributed by atoms with Crippen molar-refractivity contribution in [2.45, 2.75) is 13.8 Å². The average molecular weight is 246 g/mol. The Kier molecular flexibility index (Phi) is 3.29. The van der Waals surface area contributed by atoms with E-state index in [1.165, 1.54) is 11.3 Å². The van der Waals surface area contributed by atoms with Crippen LogP contribution >= 0.6 is 11.3 Å². The average Bonchev–Trinajstić information content (AvgIpc) is 2.85. The number of carbonyl (C=O) groups is 1. The molecule has 1 aromatic carbocycles. The van der Waals surface area contributed by atoms with Crippen molar-refractivity contribution in [1.29, 1.82) is 0 Å². The summed E-state index contributed by atoms with van der Waals surface area (Å²) >= 11 is 1.52. The second-order valence-corrected chi connectivity index (χ2v) is 4.71. The lowest BCUT2D eigenvalue weighted by Crippen LogP contribution is -2.04. The normalized spacial score (nSPS) is 10.3. The molecule has 2 rings (SSSR count). The van der Waals surface area contributed by atoms with Crippen molar-refractivity contribution in [2.24, 2.45) is 0 Å². The van der Waals surface area contributed by atoms with Gasteiger partial charge in [0.05, 0.1) is 12.7 Å². The van der Waals surface area contributed by atoms with Crippen molar-refractivity contribution in [3.63, 3.8) is 0 Å². The Balaban J connectivity index is 2.53. The van der Waals surface area contributed by atoms with Gasteiger partial charge in [0.1, 0.15) is 5.75 Å². The molecule has 1 heterocycles. The van der Waals surface area contributed by atoms with E-state index in [0.717, 1.165) is 16.7 Å². The maximum Gasteiger partial charge on any atom is 0.197 e. The number of methoxy groups -OCH3 is 1. The molecule has 0 N–H and O–H groups in total. The Morgan fingerprint density at radius 3 is 2.59 bits per heavy atom. The third kappa shape index (κ3) is 2.11. The standard InChI is InChI=1S/C14H14O2S/c1-9-4-5-12(14(16-3)10(9)2)13(15)11-6-7-17-8-11/h4-8H,1-3H3. The third-order valence-electron chi connectivity index (χ3n) is 2.91. The van der Waals surface area contributed by atoms with E-state index in [9.17, 15) is 4.79 Å². The van der Waals surface area contributed by atoms with E-state index >= 15 is 0 Å². The quantitative estimate of drug-likeness (QED) is 0.773. The first-order chi connectivity index (χ1) is 8.15. The molecule has 0 atom stereocenters. The van der Waals surface area contributed by atoms with E-state index in [0.29, 0.717) is 11.3 Å². The maximum atomic E-state index is 12.3. The lowest BCUT2D eigenvalue weighted by Gasteiger charge is -2.12. The van der Waals surface area contributed by atoms with E-state index in [4.69, 9.17) is 4.74 Å². The van der Waals surface area contributed by atoms with Gasteiger partial charge in [-0.1, -0.05) is 6.07 Å². The molecule has 0 radical (unpaired) electrons. The van der Waals surface area contributed by atoms with Crippen LogP contribution in [0.5, 0.6) is 5.75 Å². The van der Waals surface area contributed by atoms with Crippen molar-refractivity contribution in [2.75, 3.05) is 7.11 Å². The summed E-state index contributed by atoms with van der Waals surface area (Å²) < 4.78 is 5.36. The fraction of sp³-hybridized carbons (Fsp3) is 0.214. The van der Waals surface area contributed by atoms with Gasteiger partial charge in [0.25, 0.3) is 0 Å². The molecule has 0 saturated carbocycles. The summed E-state index contributed by atoms with van der Waals surface area (Å²) in [6.07, 6.45) is 0. The van der Waals surface area contributed by atoms with Gasteiger partial charge in [-0.25, -0.2) is 0 Å². The second kappa shape index (κ2) is 4.72. The van der Waals surface area contributed by atoms with Crippen LogP contribution < -0.4 is 4.74 Å². The predicted molar refractivity (Wildman–Crippen MR) is 70.2 cm³/mol. The zero-order valence-electron chi connectivity index (χ0n) is 10.1. The van der Waals surface area contributed by atoms with Crippen LogP contribution in [0.3, 0.4) is 0 Å². The molecule has 88 valence electrons. The number of aryl methyl sites for hydroxylation is 1. The third-order valence-corrected chi connectivity index (χ3v) is 3.59. The van der Waals surface area contributed by atoms with Gasteiger partial charge in [-0.15, -0.1) is 0 Å². The summed E-state index contributed by atoms with van der Waals surface area (Å²) in [6.45, 7) is 3.98. The summed E-state index contributed by atoms with van der Waals surface area (Å²) in [5.74, 6) is 0.701. The van der Waals surface area contributed by atoms with Crippen LogP contribution in [0, 0.1) is 13.8 Å². The van der Waals surface area contributed by atoms with Crippen molar-refractivity contribution in [3.8, 4) is 5.75 Å². The topological polar surface area (TPSA) is 26.3 Å². The van der Waals surface area contributed by atoms with Gasteiger partial charge in [-0.3, -0.25) is 4.79 Å². The molecule has 2 nitrogen and oxygen atoms in total. The zero-order valence-corrected chi connectivity index (χ0v) is 10.9. The molecular weight excluding hydrogens is 232 g/mol. The Morgan fingerprint density at radius 1 is 1.24 bits per heavy atom. The van der Waals surface area contributed by atoms with Gasteiger partial charge < -0.3 is 4.74 Å². The minimum Gasteiger partial charge on any atom is -0.496 e. The number of ketones is 1. The van der Waals surface area contributed by atoms with Gasteiger partial charge in [0.2, 0.25) is 0 Å². The number of ether oxygens (including phenoxy) is 1. The Morgan fingerprint density at radius 2 is 2.00 bits per heavy atom. The van der Waals surface area contributed by atoms with Crippen LogP contribution in [-0.4, -0.2) is 12.9 Å². The van der Waals surface area contributed by atoms with Crippen molar-refractivity contribution < 1.29 is 9.53 Å². The first-order valence-electron chi connectivity index (χ1n) is 5.36. The monoisotopic (exact) mass is 246 g/mol. The van der Waals surface area contributed by atoms with E-state index in [2.05, 4.69) is 0 Å².